The number of aliphatic hydroxyl groups is 1. The summed E-state index contributed by atoms with van der Waals surface area (Å²) in [6, 6.07) is 2.03. The van der Waals surface area contributed by atoms with Crippen molar-refractivity contribution in [3.05, 3.63) is 22.4 Å². The molecule has 0 aliphatic heterocycles. The van der Waals surface area contributed by atoms with E-state index in [0.717, 1.165) is 5.56 Å². The summed E-state index contributed by atoms with van der Waals surface area (Å²) in [5.74, 6) is 5.79. The van der Waals surface area contributed by atoms with E-state index in [1.807, 2.05) is 30.7 Å². The Bertz CT molecular complexity index is 563. The molecule has 1 atom stereocenters. The predicted octanol–water partition coefficient (Wildman–Crippen LogP) is 1.15. The summed E-state index contributed by atoms with van der Waals surface area (Å²) in [5, 5.41) is 16.7. The maximum atomic E-state index is 10.0. The van der Waals surface area contributed by atoms with Crippen LogP contribution < -0.4 is 21.3 Å². The van der Waals surface area contributed by atoms with E-state index in [0.29, 0.717) is 0 Å². The Balaban J connectivity index is 2.04. The van der Waals surface area contributed by atoms with Gasteiger partial charge >= 0.3 is 6.01 Å². The molecule has 0 aliphatic rings. The van der Waals surface area contributed by atoms with Crippen LogP contribution in [0.25, 0.3) is 0 Å². The normalized spacial score (nSPS) is 12.2. The van der Waals surface area contributed by atoms with Gasteiger partial charge in [0, 0.05) is 6.54 Å². The number of rotatable bonds is 7. The van der Waals surface area contributed by atoms with E-state index >= 15 is 0 Å². The van der Waals surface area contributed by atoms with Gasteiger partial charge in [0.2, 0.25) is 11.9 Å². The van der Waals surface area contributed by atoms with Crippen molar-refractivity contribution in [3.63, 3.8) is 0 Å². The Morgan fingerprint density at radius 2 is 2.10 bits per heavy atom. The van der Waals surface area contributed by atoms with E-state index in [2.05, 4.69) is 25.7 Å². The zero-order valence-electron chi connectivity index (χ0n) is 11.8. The molecule has 2 rings (SSSR count). The molecule has 0 bridgehead atoms. The SMILES string of the molecule is CC(C)Oc1nc(NN)nc(NCC(O)c2ccsc2)n1. The third-order valence-electron chi connectivity index (χ3n) is 2.47. The molecule has 0 amide bonds. The molecule has 2 aromatic rings. The van der Waals surface area contributed by atoms with Gasteiger partial charge in [-0.25, -0.2) is 5.84 Å². The summed E-state index contributed by atoms with van der Waals surface area (Å²) in [6.07, 6.45) is -0.709. The fraction of sp³-hybridized carbons (Fsp3) is 0.417. The highest BCUT2D eigenvalue weighted by atomic mass is 32.1. The second kappa shape index (κ2) is 7.16. The molecule has 21 heavy (non-hydrogen) atoms. The van der Waals surface area contributed by atoms with Crippen molar-refractivity contribution in [2.45, 2.75) is 26.1 Å². The Morgan fingerprint density at radius 3 is 2.71 bits per heavy atom. The first-order valence-electron chi connectivity index (χ1n) is 6.42. The molecule has 0 radical (unpaired) electrons. The van der Waals surface area contributed by atoms with Crippen LogP contribution in [0.1, 0.15) is 25.5 Å². The second-order valence-corrected chi connectivity index (χ2v) is 5.31. The predicted molar refractivity (Wildman–Crippen MR) is 81.2 cm³/mol. The Kier molecular flexibility index (Phi) is 5.26. The van der Waals surface area contributed by atoms with Crippen LogP contribution in [0, 0.1) is 0 Å². The van der Waals surface area contributed by atoms with Gasteiger partial charge in [-0.05, 0) is 36.2 Å². The average molecular weight is 310 g/mol. The number of nitrogens with two attached hydrogens (primary N) is 1. The fourth-order valence-corrected chi connectivity index (χ4v) is 2.24. The molecule has 114 valence electrons. The molecule has 2 heterocycles. The third-order valence-corrected chi connectivity index (χ3v) is 3.17. The first-order chi connectivity index (χ1) is 10.1. The van der Waals surface area contributed by atoms with Gasteiger partial charge < -0.3 is 15.2 Å². The smallest absolute Gasteiger partial charge is 0.323 e. The van der Waals surface area contributed by atoms with Gasteiger partial charge in [-0.1, -0.05) is 0 Å². The number of nitrogens with one attached hydrogen (secondary N) is 2. The summed E-state index contributed by atoms with van der Waals surface area (Å²) in [6.45, 7) is 4.01. The van der Waals surface area contributed by atoms with Crippen molar-refractivity contribution in [3.8, 4) is 6.01 Å². The number of hydrogen-bond acceptors (Lipinski definition) is 9. The van der Waals surface area contributed by atoms with Gasteiger partial charge in [-0.15, -0.1) is 0 Å². The van der Waals surface area contributed by atoms with E-state index in [1.165, 1.54) is 11.3 Å². The summed E-state index contributed by atoms with van der Waals surface area (Å²) in [4.78, 5) is 12.2. The fourth-order valence-electron chi connectivity index (χ4n) is 1.53. The quantitative estimate of drug-likeness (QED) is 0.444. The van der Waals surface area contributed by atoms with Gasteiger partial charge in [-0.3, -0.25) is 5.43 Å². The number of aromatic nitrogens is 3. The summed E-state index contributed by atoms with van der Waals surface area (Å²) < 4.78 is 5.42. The monoisotopic (exact) mass is 310 g/mol. The topological polar surface area (TPSA) is 118 Å². The van der Waals surface area contributed by atoms with Gasteiger partial charge in [0.25, 0.3) is 0 Å². The molecule has 0 fully saturated rings. The second-order valence-electron chi connectivity index (χ2n) is 4.53. The number of thiophene rings is 1. The highest BCUT2D eigenvalue weighted by Crippen LogP contribution is 2.17. The van der Waals surface area contributed by atoms with Crippen LogP contribution in [-0.4, -0.2) is 32.7 Å². The lowest BCUT2D eigenvalue weighted by Gasteiger charge is -2.13. The minimum absolute atomic E-state index is 0.0673. The van der Waals surface area contributed by atoms with Crippen molar-refractivity contribution < 1.29 is 9.84 Å². The van der Waals surface area contributed by atoms with Crippen LogP contribution in [0.15, 0.2) is 16.8 Å². The van der Waals surface area contributed by atoms with E-state index in [9.17, 15) is 5.11 Å². The minimum atomic E-state index is -0.642. The number of nitrogens with zero attached hydrogens (tertiary/aromatic N) is 3. The number of nitrogen functional groups attached to an aromatic ring is 1. The largest absolute Gasteiger partial charge is 0.461 e. The molecule has 1 unspecified atom stereocenters. The summed E-state index contributed by atoms with van der Waals surface area (Å²) >= 11 is 1.53. The number of aliphatic hydroxyl groups excluding tert-OH is 1. The van der Waals surface area contributed by atoms with Crippen molar-refractivity contribution in [1.29, 1.82) is 0 Å². The molecule has 0 spiro atoms. The van der Waals surface area contributed by atoms with Gasteiger partial charge in [0.05, 0.1) is 12.2 Å². The average Bonchev–Trinajstić information content (AvgIpc) is 2.98. The standard InChI is InChI=1S/C12H18N6O2S/c1-7(2)20-12-16-10(15-11(17-12)18-13)14-5-9(19)8-3-4-21-6-8/h3-4,6-7,9,19H,5,13H2,1-2H3,(H2,14,15,16,17,18). The highest BCUT2D eigenvalue weighted by molar-refractivity contribution is 7.07. The van der Waals surface area contributed by atoms with E-state index < -0.39 is 6.10 Å². The molecule has 0 saturated carbocycles. The number of hydrazine groups is 1. The van der Waals surface area contributed by atoms with Gasteiger partial charge in [0.1, 0.15) is 0 Å². The molecule has 0 aromatic carbocycles. The third kappa shape index (κ3) is 4.52. The number of ether oxygens (including phenoxy) is 1. The summed E-state index contributed by atoms with van der Waals surface area (Å²) in [7, 11) is 0. The van der Waals surface area contributed by atoms with Crippen molar-refractivity contribution in [2.75, 3.05) is 17.3 Å². The molecular weight excluding hydrogens is 292 g/mol. The zero-order chi connectivity index (χ0) is 15.2. The molecule has 0 saturated heterocycles. The van der Waals surface area contributed by atoms with Crippen LogP contribution in [0.2, 0.25) is 0 Å². The lowest BCUT2D eigenvalue weighted by molar-refractivity contribution is 0.191. The van der Waals surface area contributed by atoms with Crippen LogP contribution in [0.4, 0.5) is 11.9 Å². The first kappa shape index (κ1) is 15.4. The van der Waals surface area contributed by atoms with Gasteiger partial charge in [-0.2, -0.15) is 26.3 Å². The van der Waals surface area contributed by atoms with Crippen LogP contribution >= 0.6 is 11.3 Å². The molecule has 2 aromatic heterocycles. The molecule has 5 N–H and O–H groups in total. The maximum absolute atomic E-state index is 10.0. The number of hydrogen-bond donors (Lipinski definition) is 4. The van der Waals surface area contributed by atoms with Gasteiger partial charge in [0.15, 0.2) is 0 Å². The highest BCUT2D eigenvalue weighted by Gasteiger charge is 2.11. The Labute approximate surface area is 126 Å². The lowest BCUT2D eigenvalue weighted by Crippen LogP contribution is -2.18. The van der Waals surface area contributed by atoms with E-state index in [-0.39, 0.29) is 30.6 Å². The summed E-state index contributed by atoms with van der Waals surface area (Å²) in [5.41, 5.74) is 3.20. The molecular formula is C12H18N6O2S. The zero-order valence-corrected chi connectivity index (χ0v) is 12.6. The van der Waals surface area contributed by atoms with Crippen molar-refractivity contribution >= 4 is 23.2 Å². The van der Waals surface area contributed by atoms with Crippen molar-refractivity contribution in [2.24, 2.45) is 5.84 Å². The lowest BCUT2D eigenvalue weighted by atomic mass is 10.2. The number of anilines is 2. The first-order valence-corrected chi connectivity index (χ1v) is 7.36. The van der Waals surface area contributed by atoms with Crippen molar-refractivity contribution in [1.82, 2.24) is 15.0 Å². The van der Waals surface area contributed by atoms with E-state index in [4.69, 9.17) is 10.6 Å². The maximum Gasteiger partial charge on any atom is 0.323 e. The van der Waals surface area contributed by atoms with Crippen LogP contribution in [0.5, 0.6) is 6.01 Å². The Hall–Kier alpha value is -1.97. The molecule has 0 aliphatic carbocycles. The molecule has 8 nitrogen and oxygen atoms in total. The Morgan fingerprint density at radius 1 is 1.33 bits per heavy atom. The molecule has 9 heteroatoms. The van der Waals surface area contributed by atoms with Crippen LogP contribution in [0.3, 0.4) is 0 Å². The minimum Gasteiger partial charge on any atom is -0.461 e. The van der Waals surface area contributed by atoms with Crippen LogP contribution in [-0.2, 0) is 0 Å². The van der Waals surface area contributed by atoms with E-state index in [1.54, 1.807) is 0 Å².